The molecule has 1 N–H and O–H groups in total. The van der Waals surface area contributed by atoms with E-state index < -0.39 is 34.1 Å². The lowest BCUT2D eigenvalue weighted by atomic mass is 10.1. The number of hydrogen-bond acceptors (Lipinski definition) is 4. The zero-order valence-electron chi connectivity index (χ0n) is 22.6. The van der Waals surface area contributed by atoms with Crippen LogP contribution in [0.15, 0.2) is 77.7 Å². The maximum absolute atomic E-state index is 13.9. The molecule has 0 aliphatic heterocycles. The third-order valence-electron chi connectivity index (χ3n) is 5.90. The number of nitrogens with one attached hydrogen (secondary N) is 1. The number of carbonyl (C=O) groups is 2. The number of carbonyl (C=O) groups excluding carboxylic acids is 2. The van der Waals surface area contributed by atoms with Crippen LogP contribution in [0.2, 0.25) is 10.0 Å². The van der Waals surface area contributed by atoms with Crippen molar-refractivity contribution in [2.75, 3.05) is 10.8 Å². The van der Waals surface area contributed by atoms with E-state index in [2.05, 4.69) is 5.32 Å². The van der Waals surface area contributed by atoms with Crippen LogP contribution in [0.3, 0.4) is 0 Å². The molecule has 0 radical (unpaired) electrons. The molecule has 10 heteroatoms. The summed E-state index contributed by atoms with van der Waals surface area (Å²) < 4.78 is 28.7. The lowest BCUT2D eigenvalue weighted by molar-refractivity contribution is -0.140. The van der Waals surface area contributed by atoms with Gasteiger partial charge in [-0.25, -0.2) is 8.42 Å². The third-order valence-corrected chi connectivity index (χ3v) is 8.19. The molecular weight excluding hydrogens is 557 g/mol. The summed E-state index contributed by atoms with van der Waals surface area (Å²) in [4.78, 5) is 28.4. The molecule has 1 unspecified atom stereocenters. The molecule has 0 aliphatic carbocycles. The van der Waals surface area contributed by atoms with Gasteiger partial charge in [0, 0.05) is 22.1 Å². The minimum absolute atomic E-state index is 0.0102. The topological polar surface area (TPSA) is 86.8 Å². The zero-order valence-corrected chi connectivity index (χ0v) is 24.9. The molecule has 0 heterocycles. The molecule has 0 spiro atoms. The smallest absolute Gasteiger partial charge is 0.264 e. The molecule has 0 fully saturated rings. The molecule has 208 valence electrons. The van der Waals surface area contributed by atoms with Gasteiger partial charge < -0.3 is 10.2 Å². The van der Waals surface area contributed by atoms with Gasteiger partial charge in [-0.05, 0) is 94.3 Å². The normalized spacial score (nSPS) is 12.5. The summed E-state index contributed by atoms with van der Waals surface area (Å²) in [6.45, 7) is 8.57. The summed E-state index contributed by atoms with van der Waals surface area (Å²) in [5, 5.41) is 3.83. The van der Waals surface area contributed by atoms with Gasteiger partial charge >= 0.3 is 0 Å². The molecule has 3 aromatic carbocycles. The first kappa shape index (κ1) is 30.5. The number of rotatable bonds is 9. The zero-order chi connectivity index (χ0) is 29.0. The fourth-order valence-electron chi connectivity index (χ4n) is 3.89. The number of benzene rings is 3. The lowest BCUT2D eigenvalue weighted by Gasteiger charge is -2.33. The molecule has 0 aromatic heterocycles. The SMILES string of the molecule is Cc1cccc(N(CC(=O)N(Cc2ccc(Cl)cc2)C(C)C(=O)NC(C)(C)C)S(=O)(=O)c2ccc(Cl)cc2)c1. The third kappa shape index (κ3) is 8.21. The van der Waals surface area contributed by atoms with Crippen LogP contribution < -0.4 is 9.62 Å². The highest BCUT2D eigenvalue weighted by atomic mass is 35.5. The van der Waals surface area contributed by atoms with E-state index in [1.165, 1.54) is 29.2 Å². The van der Waals surface area contributed by atoms with Crippen LogP contribution in [0, 0.1) is 6.92 Å². The number of amides is 2. The summed E-state index contributed by atoms with van der Waals surface area (Å²) in [7, 11) is -4.16. The lowest BCUT2D eigenvalue weighted by Crippen LogP contribution is -2.54. The van der Waals surface area contributed by atoms with E-state index in [0.717, 1.165) is 15.4 Å². The summed E-state index contributed by atoms with van der Waals surface area (Å²) in [5.41, 5.74) is 1.38. The Morgan fingerprint density at radius 2 is 1.49 bits per heavy atom. The van der Waals surface area contributed by atoms with Crippen molar-refractivity contribution >= 4 is 50.7 Å². The van der Waals surface area contributed by atoms with Crippen LogP contribution in [-0.2, 0) is 26.2 Å². The predicted octanol–water partition coefficient (Wildman–Crippen LogP) is 5.83. The van der Waals surface area contributed by atoms with Gasteiger partial charge in [0.1, 0.15) is 12.6 Å². The number of nitrogens with zero attached hydrogens (tertiary/aromatic N) is 2. The van der Waals surface area contributed by atoms with Gasteiger partial charge in [-0.1, -0.05) is 47.5 Å². The maximum Gasteiger partial charge on any atom is 0.264 e. The molecule has 3 aromatic rings. The van der Waals surface area contributed by atoms with E-state index in [-0.39, 0.29) is 17.3 Å². The maximum atomic E-state index is 13.9. The highest BCUT2D eigenvalue weighted by molar-refractivity contribution is 7.92. The van der Waals surface area contributed by atoms with Crippen molar-refractivity contribution in [1.29, 1.82) is 0 Å². The van der Waals surface area contributed by atoms with E-state index in [0.29, 0.717) is 15.7 Å². The Hall–Kier alpha value is -3.07. The molecular formula is C29H33Cl2N3O4S. The Kier molecular flexibility index (Phi) is 9.69. The van der Waals surface area contributed by atoms with Crippen molar-refractivity contribution in [3.05, 3.63) is 94.0 Å². The summed E-state index contributed by atoms with van der Waals surface area (Å²) in [5.74, 6) is -0.895. The highest BCUT2D eigenvalue weighted by Gasteiger charge is 2.33. The predicted molar refractivity (Wildman–Crippen MR) is 157 cm³/mol. The number of halogens is 2. The van der Waals surface area contributed by atoms with Crippen molar-refractivity contribution in [3.8, 4) is 0 Å². The van der Waals surface area contributed by atoms with E-state index in [4.69, 9.17) is 23.2 Å². The van der Waals surface area contributed by atoms with Crippen molar-refractivity contribution in [2.45, 2.75) is 57.6 Å². The second-order valence-electron chi connectivity index (χ2n) is 10.4. The number of sulfonamides is 1. The molecule has 39 heavy (non-hydrogen) atoms. The van der Waals surface area contributed by atoms with E-state index in [1.54, 1.807) is 49.4 Å². The molecule has 0 bridgehead atoms. The Bertz CT molecular complexity index is 1420. The van der Waals surface area contributed by atoms with E-state index in [1.807, 2.05) is 33.8 Å². The van der Waals surface area contributed by atoms with Crippen LogP contribution in [-0.4, -0.2) is 43.3 Å². The van der Waals surface area contributed by atoms with Crippen LogP contribution in [0.4, 0.5) is 5.69 Å². The first-order valence-corrected chi connectivity index (χ1v) is 14.6. The second kappa shape index (κ2) is 12.4. The average molecular weight is 591 g/mol. The molecule has 0 saturated carbocycles. The first-order chi connectivity index (χ1) is 18.2. The van der Waals surface area contributed by atoms with Gasteiger partial charge in [0.05, 0.1) is 10.6 Å². The molecule has 7 nitrogen and oxygen atoms in total. The summed E-state index contributed by atoms with van der Waals surface area (Å²) >= 11 is 12.0. The fraction of sp³-hybridized carbons (Fsp3) is 0.310. The van der Waals surface area contributed by atoms with Gasteiger partial charge in [-0.15, -0.1) is 0 Å². The Morgan fingerprint density at radius 1 is 0.923 bits per heavy atom. The quantitative estimate of drug-likeness (QED) is 0.340. The molecule has 0 aliphatic rings. The minimum Gasteiger partial charge on any atom is -0.350 e. The summed E-state index contributed by atoms with van der Waals surface area (Å²) in [6, 6.07) is 18.7. The Labute approximate surface area is 240 Å². The number of hydrogen-bond donors (Lipinski definition) is 1. The van der Waals surface area contributed by atoms with E-state index >= 15 is 0 Å². The average Bonchev–Trinajstić information content (AvgIpc) is 2.85. The summed E-state index contributed by atoms with van der Waals surface area (Å²) in [6.07, 6.45) is 0. The van der Waals surface area contributed by atoms with Crippen LogP contribution in [0.25, 0.3) is 0 Å². The van der Waals surface area contributed by atoms with Crippen molar-refractivity contribution < 1.29 is 18.0 Å². The Morgan fingerprint density at radius 3 is 2.03 bits per heavy atom. The van der Waals surface area contributed by atoms with Gasteiger partial charge in [-0.2, -0.15) is 0 Å². The van der Waals surface area contributed by atoms with Gasteiger partial charge in [0.15, 0.2) is 0 Å². The number of anilines is 1. The van der Waals surface area contributed by atoms with Gasteiger partial charge in [-0.3, -0.25) is 13.9 Å². The van der Waals surface area contributed by atoms with Crippen LogP contribution >= 0.6 is 23.2 Å². The Balaban J connectivity index is 2.03. The standard InChI is InChI=1S/C29H33Cl2N3O4S/c1-20-7-6-8-25(17-20)34(39(37,38)26-15-13-24(31)14-16-26)19-27(35)33(18-22-9-11-23(30)12-10-22)21(2)28(36)32-29(3,4)5/h6-17,21H,18-19H2,1-5H3,(H,32,36). The molecule has 3 rings (SSSR count). The second-order valence-corrected chi connectivity index (χ2v) is 13.1. The molecule has 1 atom stereocenters. The van der Waals surface area contributed by atoms with Crippen LogP contribution in [0.5, 0.6) is 0 Å². The highest BCUT2D eigenvalue weighted by Crippen LogP contribution is 2.26. The van der Waals surface area contributed by atoms with Crippen molar-refractivity contribution in [1.82, 2.24) is 10.2 Å². The fourth-order valence-corrected chi connectivity index (χ4v) is 5.55. The molecule has 2 amide bonds. The monoisotopic (exact) mass is 589 g/mol. The number of aryl methyl sites for hydroxylation is 1. The minimum atomic E-state index is -4.16. The molecule has 0 saturated heterocycles. The van der Waals surface area contributed by atoms with E-state index in [9.17, 15) is 18.0 Å². The van der Waals surface area contributed by atoms with Gasteiger partial charge in [0.2, 0.25) is 11.8 Å². The first-order valence-electron chi connectivity index (χ1n) is 12.4. The largest absolute Gasteiger partial charge is 0.350 e. The van der Waals surface area contributed by atoms with Crippen LogP contribution in [0.1, 0.15) is 38.8 Å². The van der Waals surface area contributed by atoms with Gasteiger partial charge in [0.25, 0.3) is 10.0 Å². The van der Waals surface area contributed by atoms with Crippen molar-refractivity contribution in [3.63, 3.8) is 0 Å². The van der Waals surface area contributed by atoms with Crippen molar-refractivity contribution in [2.24, 2.45) is 0 Å².